The number of carbonyl (C=O) groups excluding carboxylic acids is 1. The molecule has 168 valence electrons. The van der Waals surface area contributed by atoms with E-state index in [0.29, 0.717) is 30.3 Å². The first-order valence-corrected chi connectivity index (χ1v) is 11.9. The van der Waals surface area contributed by atoms with Gasteiger partial charge < -0.3 is 25.6 Å². The maximum atomic E-state index is 12.9. The highest BCUT2D eigenvalue weighted by molar-refractivity contribution is 5.94. The molecule has 0 aliphatic carbocycles. The van der Waals surface area contributed by atoms with E-state index in [4.69, 9.17) is 4.74 Å². The number of anilines is 2. The third-order valence-electron chi connectivity index (χ3n) is 7.33. The number of aryl methyl sites for hydroxylation is 1. The Bertz CT molecular complexity index is 1030. The molecule has 0 radical (unpaired) electrons. The summed E-state index contributed by atoms with van der Waals surface area (Å²) in [6.07, 6.45) is 7.02. The summed E-state index contributed by atoms with van der Waals surface area (Å²) in [5.41, 5.74) is 4.14. The number of piperazine rings is 1. The van der Waals surface area contributed by atoms with Crippen LogP contribution in [0.2, 0.25) is 0 Å². The number of hydrogen-bond acceptors (Lipinski definition) is 6. The summed E-state index contributed by atoms with van der Waals surface area (Å²) in [5, 5.41) is 10.2. The van der Waals surface area contributed by atoms with Crippen LogP contribution in [0.15, 0.2) is 30.5 Å². The van der Waals surface area contributed by atoms with Crippen LogP contribution in [-0.2, 0) is 12.8 Å². The van der Waals surface area contributed by atoms with Crippen LogP contribution < -0.4 is 25.6 Å². The van der Waals surface area contributed by atoms with E-state index in [-0.39, 0.29) is 11.9 Å². The molecule has 4 aliphatic heterocycles. The van der Waals surface area contributed by atoms with Crippen molar-refractivity contribution in [3.8, 4) is 5.75 Å². The van der Waals surface area contributed by atoms with E-state index >= 15 is 0 Å². The van der Waals surface area contributed by atoms with E-state index in [1.165, 1.54) is 18.5 Å². The lowest BCUT2D eigenvalue weighted by Crippen LogP contribution is -2.51. The summed E-state index contributed by atoms with van der Waals surface area (Å²) in [6, 6.07) is 10.1. The summed E-state index contributed by atoms with van der Waals surface area (Å²) in [7, 11) is 0. The molecular formula is C25H31N5O2. The van der Waals surface area contributed by atoms with E-state index in [2.05, 4.69) is 51.0 Å². The first-order valence-electron chi connectivity index (χ1n) is 11.9. The average molecular weight is 434 g/mol. The zero-order valence-corrected chi connectivity index (χ0v) is 18.6. The molecular weight excluding hydrogens is 402 g/mol. The quantitative estimate of drug-likeness (QED) is 0.690. The number of rotatable bonds is 3. The zero-order chi connectivity index (χ0) is 21.7. The zero-order valence-electron chi connectivity index (χ0n) is 18.6. The lowest BCUT2D eigenvalue weighted by Gasteiger charge is -2.35. The van der Waals surface area contributed by atoms with Crippen LogP contribution in [0.5, 0.6) is 5.75 Å². The number of carbonyl (C=O) groups is 1. The average Bonchev–Trinajstić information content (AvgIpc) is 3.15. The third kappa shape index (κ3) is 3.79. The first kappa shape index (κ1) is 19.9. The Labute approximate surface area is 188 Å². The summed E-state index contributed by atoms with van der Waals surface area (Å²) in [5.74, 6) is 1.78. The van der Waals surface area contributed by atoms with E-state index in [9.17, 15) is 4.79 Å². The Hall–Kier alpha value is -2.80. The topological polar surface area (TPSA) is 78.5 Å². The van der Waals surface area contributed by atoms with Crippen molar-refractivity contribution in [2.45, 2.75) is 63.2 Å². The van der Waals surface area contributed by atoms with Crippen LogP contribution >= 0.6 is 0 Å². The van der Waals surface area contributed by atoms with Gasteiger partial charge in [0, 0.05) is 49.2 Å². The van der Waals surface area contributed by atoms with E-state index in [0.717, 1.165) is 55.0 Å². The Morgan fingerprint density at radius 3 is 2.84 bits per heavy atom. The van der Waals surface area contributed by atoms with Crippen LogP contribution in [0.4, 0.5) is 11.5 Å². The highest BCUT2D eigenvalue weighted by atomic mass is 16.5. The molecule has 7 heteroatoms. The van der Waals surface area contributed by atoms with E-state index in [1.54, 1.807) is 6.20 Å². The molecule has 0 saturated carbocycles. The second-order valence-electron chi connectivity index (χ2n) is 9.84. The van der Waals surface area contributed by atoms with Gasteiger partial charge in [-0.05, 0) is 62.3 Å². The predicted octanol–water partition coefficient (Wildman–Crippen LogP) is 2.50. The van der Waals surface area contributed by atoms with Crippen molar-refractivity contribution < 1.29 is 9.53 Å². The van der Waals surface area contributed by atoms with Gasteiger partial charge >= 0.3 is 0 Å². The number of fused-ring (bicyclic) bond motifs is 4. The summed E-state index contributed by atoms with van der Waals surface area (Å²) < 4.78 is 6.09. The van der Waals surface area contributed by atoms with Gasteiger partial charge in [-0.3, -0.25) is 4.79 Å². The van der Waals surface area contributed by atoms with Gasteiger partial charge in [-0.1, -0.05) is 6.07 Å². The fraction of sp³-hybridized carbons (Fsp3) is 0.520. The molecule has 2 unspecified atom stereocenters. The monoisotopic (exact) mass is 433 g/mol. The predicted molar refractivity (Wildman–Crippen MR) is 125 cm³/mol. The molecule has 1 aromatic heterocycles. The molecule has 2 saturated heterocycles. The summed E-state index contributed by atoms with van der Waals surface area (Å²) in [6.45, 7) is 4.78. The lowest BCUT2D eigenvalue weighted by molar-refractivity contribution is 0.0915. The molecule has 2 fully saturated rings. The number of benzene rings is 1. The van der Waals surface area contributed by atoms with E-state index in [1.807, 2.05) is 6.07 Å². The lowest BCUT2D eigenvalue weighted by atomic mass is 9.99. The highest BCUT2D eigenvalue weighted by Gasteiger charge is 2.33. The molecule has 0 spiro atoms. The van der Waals surface area contributed by atoms with Crippen molar-refractivity contribution in [3.63, 3.8) is 0 Å². The molecule has 7 nitrogen and oxygen atoms in total. The first-order chi connectivity index (χ1) is 15.6. The molecule has 4 aliphatic rings. The van der Waals surface area contributed by atoms with Crippen LogP contribution in [0.25, 0.3) is 0 Å². The van der Waals surface area contributed by atoms with Gasteiger partial charge in [-0.25, -0.2) is 4.98 Å². The van der Waals surface area contributed by atoms with Gasteiger partial charge in [0.25, 0.3) is 5.91 Å². The minimum atomic E-state index is -0.0797. The highest BCUT2D eigenvalue weighted by Crippen LogP contribution is 2.32. The van der Waals surface area contributed by atoms with Crippen LogP contribution in [0, 0.1) is 0 Å². The fourth-order valence-corrected chi connectivity index (χ4v) is 5.56. The number of nitrogens with zero attached hydrogens (tertiary/aromatic N) is 2. The molecule has 3 N–H and O–H groups in total. The third-order valence-corrected chi connectivity index (χ3v) is 7.33. The van der Waals surface area contributed by atoms with Crippen molar-refractivity contribution in [1.82, 2.24) is 15.6 Å². The minimum absolute atomic E-state index is 0.0370. The van der Waals surface area contributed by atoms with Gasteiger partial charge in [0.15, 0.2) is 0 Å². The number of nitrogens with one attached hydrogen (secondary N) is 3. The Morgan fingerprint density at radius 1 is 1.16 bits per heavy atom. The van der Waals surface area contributed by atoms with Crippen molar-refractivity contribution in [3.05, 3.63) is 47.2 Å². The second-order valence-corrected chi connectivity index (χ2v) is 9.84. The molecule has 6 rings (SSSR count). The summed E-state index contributed by atoms with van der Waals surface area (Å²) >= 11 is 0. The van der Waals surface area contributed by atoms with E-state index < -0.39 is 0 Å². The Balaban J connectivity index is 1.11. The van der Waals surface area contributed by atoms with Gasteiger partial charge in [-0.15, -0.1) is 0 Å². The van der Waals surface area contributed by atoms with Gasteiger partial charge in [-0.2, -0.15) is 0 Å². The molecule has 5 heterocycles. The maximum absolute atomic E-state index is 12.9. The normalized spacial score (nSPS) is 28.2. The second kappa shape index (κ2) is 7.96. The van der Waals surface area contributed by atoms with Crippen molar-refractivity contribution >= 4 is 17.4 Å². The molecule has 2 bridgehead atoms. The van der Waals surface area contributed by atoms with Crippen LogP contribution in [-0.4, -0.2) is 54.8 Å². The summed E-state index contributed by atoms with van der Waals surface area (Å²) in [4.78, 5) is 19.8. The Kier molecular flexibility index (Phi) is 4.94. The van der Waals surface area contributed by atoms with Crippen molar-refractivity contribution in [2.24, 2.45) is 0 Å². The standard InChI is InChI=1S/C25H31N5O2/c1-15-2-3-17-8-18(11-26-24(17)27-15)25(31)29-21-9-16-4-7-22(10-23(16)32-14-21)30-12-19-5-6-20(13-30)28-19/h4,7-8,10-11,15,19-21,28H,2-3,5-6,9,12-14H2,1H3,(H,26,27)(H,29,31)/t15-,19?,20?,21+/m0/s1. The minimum Gasteiger partial charge on any atom is -0.491 e. The van der Waals surface area contributed by atoms with Gasteiger partial charge in [0.2, 0.25) is 0 Å². The molecule has 2 aromatic rings. The maximum Gasteiger partial charge on any atom is 0.253 e. The van der Waals surface area contributed by atoms with Crippen LogP contribution in [0.3, 0.4) is 0 Å². The SMILES string of the molecule is C[C@H]1CCc2cc(C(=O)N[C@H]3COc4cc(N5CC6CCC(C5)N6)ccc4C3)cnc2N1. The number of aromatic nitrogens is 1. The molecule has 4 atom stereocenters. The van der Waals surface area contributed by atoms with Crippen LogP contribution in [0.1, 0.15) is 47.7 Å². The number of hydrogen-bond donors (Lipinski definition) is 3. The smallest absolute Gasteiger partial charge is 0.253 e. The molecule has 1 amide bonds. The van der Waals surface area contributed by atoms with Crippen molar-refractivity contribution in [1.29, 1.82) is 0 Å². The molecule has 1 aromatic carbocycles. The Morgan fingerprint density at radius 2 is 2.00 bits per heavy atom. The number of ether oxygens (including phenoxy) is 1. The number of amides is 1. The van der Waals surface area contributed by atoms with Crippen molar-refractivity contribution in [2.75, 3.05) is 29.9 Å². The van der Waals surface area contributed by atoms with Gasteiger partial charge in [0.05, 0.1) is 11.6 Å². The fourth-order valence-electron chi connectivity index (χ4n) is 5.56. The number of pyridine rings is 1. The largest absolute Gasteiger partial charge is 0.491 e. The van der Waals surface area contributed by atoms with Gasteiger partial charge in [0.1, 0.15) is 18.2 Å². The molecule has 32 heavy (non-hydrogen) atoms.